The number of fused-ring (bicyclic) bond motifs is 1. The summed E-state index contributed by atoms with van der Waals surface area (Å²) in [5.41, 5.74) is 1.21. The molecule has 0 bridgehead atoms. The van der Waals surface area contributed by atoms with E-state index < -0.39 is 4.92 Å². The molecule has 0 radical (unpaired) electrons. The molecule has 2 aromatic heterocycles. The molecule has 0 fully saturated rings. The summed E-state index contributed by atoms with van der Waals surface area (Å²) in [5, 5.41) is 18.0. The minimum atomic E-state index is -0.413. The number of nitro benzene ring substituents is 1. The molecule has 1 atom stereocenters. The average molecular weight is 300 g/mol. The first-order valence-corrected chi connectivity index (χ1v) is 7.23. The van der Waals surface area contributed by atoms with Gasteiger partial charge in [-0.15, -0.1) is 11.3 Å². The molecule has 1 aromatic carbocycles. The van der Waals surface area contributed by atoms with Gasteiger partial charge in [0.1, 0.15) is 10.5 Å². The van der Waals surface area contributed by atoms with E-state index in [2.05, 4.69) is 15.3 Å². The number of nitrogens with zero attached hydrogens (tertiary/aromatic N) is 3. The largest absolute Gasteiger partial charge is 0.375 e. The molecule has 0 aliphatic rings. The Morgan fingerprint density at radius 3 is 2.86 bits per heavy atom. The predicted molar refractivity (Wildman–Crippen MR) is 82.5 cm³/mol. The molecular formula is C14H12N4O2S. The first kappa shape index (κ1) is 13.4. The molecule has 1 N–H and O–H groups in total. The van der Waals surface area contributed by atoms with Crippen LogP contribution in [-0.2, 0) is 0 Å². The molecule has 1 unspecified atom stereocenters. The summed E-state index contributed by atoms with van der Waals surface area (Å²) < 4.78 is 0. The molecule has 21 heavy (non-hydrogen) atoms. The maximum absolute atomic E-state index is 11.1. The summed E-state index contributed by atoms with van der Waals surface area (Å²) in [6.07, 6.45) is 3.33. The van der Waals surface area contributed by atoms with Gasteiger partial charge in [0.15, 0.2) is 0 Å². The molecule has 7 heteroatoms. The van der Waals surface area contributed by atoms with Crippen LogP contribution in [0.1, 0.15) is 18.0 Å². The topological polar surface area (TPSA) is 81.0 Å². The van der Waals surface area contributed by atoms with Gasteiger partial charge in [-0.05, 0) is 13.0 Å². The lowest BCUT2D eigenvalue weighted by atomic mass is 10.1. The van der Waals surface area contributed by atoms with Gasteiger partial charge in [-0.2, -0.15) is 0 Å². The second kappa shape index (κ2) is 5.45. The van der Waals surface area contributed by atoms with Crippen molar-refractivity contribution in [3.63, 3.8) is 0 Å². The van der Waals surface area contributed by atoms with Gasteiger partial charge in [-0.1, -0.05) is 12.1 Å². The third kappa shape index (κ3) is 2.55. The summed E-state index contributed by atoms with van der Waals surface area (Å²) in [6.45, 7) is 2.00. The van der Waals surface area contributed by atoms with Gasteiger partial charge in [0, 0.05) is 34.9 Å². The highest BCUT2D eigenvalue weighted by atomic mass is 32.1. The fourth-order valence-electron chi connectivity index (χ4n) is 2.18. The van der Waals surface area contributed by atoms with Crippen molar-refractivity contribution in [3.8, 4) is 0 Å². The van der Waals surface area contributed by atoms with Crippen LogP contribution in [0.3, 0.4) is 0 Å². The summed E-state index contributed by atoms with van der Waals surface area (Å²) in [5.74, 6) is 0. The minimum absolute atomic E-state index is 0.0121. The number of aromatic nitrogens is 2. The number of hydrogen-bond acceptors (Lipinski definition) is 6. The number of benzene rings is 1. The zero-order valence-electron chi connectivity index (χ0n) is 11.2. The van der Waals surface area contributed by atoms with Crippen molar-refractivity contribution in [2.24, 2.45) is 0 Å². The molecule has 106 valence electrons. The van der Waals surface area contributed by atoms with E-state index in [1.165, 1.54) is 6.07 Å². The number of hydrogen-bond donors (Lipinski definition) is 1. The zero-order chi connectivity index (χ0) is 14.8. The van der Waals surface area contributed by atoms with Gasteiger partial charge >= 0.3 is 0 Å². The fourth-order valence-corrected chi connectivity index (χ4v) is 2.82. The SMILES string of the molecule is CC(Nc1ccnc2c([N+](=O)[O-])cccc12)c1nccs1. The fraction of sp³-hybridized carbons (Fsp3) is 0.143. The van der Waals surface area contributed by atoms with E-state index in [1.54, 1.807) is 29.8 Å². The number of para-hydroxylation sites is 1. The van der Waals surface area contributed by atoms with Crippen molar-refractivity contribution < 1.29 is 4.92 Å². The Bertz CT molecular complexity index is 789. The molecule has 0 saturated carbocycles. The molecular weight excluding hydrogens is 288 g/mol. The highest BCUT2D eigenvalue weighted by molar-refractivity contribution is 7.09. The molecule has 0 aliphatic carbocycles. The number of thiazole rings is 1. The third-order valence-electron chi connectivity index (χ3n) is 3.14. The Morgan fingerprint density at radius 2 is 2.14 bits per heavy atom. The normalized spacial score (nSPS) is 12.2. The first-order chi connectivity index (χ1) is 10.2. The van der Waals surface area contributed by atoms with Gasteiger partial charge in [-0.3, -0.25) is 10.1 Å². The average Bonchev–Trinajstić information content (AvgIpc) is 3.01. The number of non-ortho nitro benzene ring substituents is 1. The number of anilines is 1. The summed E-state index contributed by atoms with van der Waals surface area (Å²) >= 11 is 1.57. The Labute approximate surface area is 124 Å². The number of pyridine rings is 1. The van der Waals surface area contributed by atoms with Crippen LogP contribution in [0.15, 0.2) is 42.0 Å². The molecule has 3 rings (SSSR count). The van der Waals surface area contributed by atoms with Crippen LogP contribution in [0.4, 0.5) is 11.4 Å². The highest BCUT2D eigenvalue weighted by Gasteiger charge is 2.16. The Kier molecular flexibility index (Phi) is 3.49. The van der Waals surface area contributed by atoms with Gasteiger partial charge in [0.05, 0.1) is 11.0 Å². The van der Waals surface area contributed by atoms with E-state index in [-0.39, 0.29) is 11.7 Å². The number of nitrogens with one attached hydrogen (secondary N) is 1. The molecule has 3 aromatic rings. The van der Waals surface area contributed by atoms with Crippen LogP contribution in [0, 0.1) is 10.1 Å². The smallest absolute Gasteiger partial charge is 0.295 e. The van der Waals surface area contributed by atoms with E-state index in [0.29, 0.717) is 5.52 Å². The Morgan fingerprint density at radius 1 is 1.29 bits per heavy atom. The van der Waals surface area contributed by atoms with E-state index >= 15 is 0 Å². The molecule has 0 amide bonds. The summed E-state index contributed by atoms with van der Waals surface area (Å²) in [6, 6.07) is 6.79. The second-order valence-corrected chi connectivity index (χ2v) is 5.45. The van der Waals surface area contributed by atoms with E-state index in [9.17, 15) is 10.1 Å². The minimum Gasteiger partial charge on any atom is -0.375 e. The summed E-state index contributed by atoms with van der Waals surface area (Å²) in [4.78, 5) is 19.1. The first-order valence-electron chi connectivity index (χ1n) is 6.35. The van der Waals surface area contributed by atoms with Crippen LogP contribution in [-0.4, -0.2) is 14.9 Å². The van der Waals surface area contributed by atoms with Gasteiger partial charge in [-0.25, -0.2) is 9.97 Å². The monoisotopic (exact) mass is 300 g/mol. The van der Waals surface area contributed by atoms with Crippen LogP contribution >= 0.6 is 11.3 Å². The van der Waals surface area contributed by atoms with Gasteiger partial charge in [0.2, 0.25) is 0 Å². The van der Waals surface area contributed by atoms with Crippen molar-refractivity contribution in [2.75, 3.05) is 5.32 Å². The number of rotatable bonds is 4. The summed E-state index contributed by atoms with van der Waals surface area (Å²) in [7, 11) is 0. The van der Waals surface area contributed by atoms with Crippen molar-refractivity contribution in [2.45, 2.75) is 13.0 Å². The molecule has 0 spiro atoms. The lowest BCUT2D eigenvalue weighted by Crippen LogP contribution is -2.07. The van der Waals surface area contributed by atoms with Gasteiger partial charge < -0.3 is 5.32 Å². The van der Waals surface area contributed by atoms with E-state index in [0.717, 1.165) is 16.1 Å². The van der Waals surface area contributed by atoms with Crippen LogP contribution in [0.25, 0.3) is 10.9 Å². The van der Waals surface area contributed by atoms with Crippen LogP contribution in [0.5, 0.6) is 0 Å². The van der Waals surface area contributed by atoms with E-state index in [1.807, 2.05) is 24.4 Å². The number of nitro groups is 1. The molecule has 0 saturated heterocycles. The lowest BCUT2D eigenvalue weighted by Gasteiger charge is -2.14. The highest BCUT2D eigenvalue weighted by Crippen LogP contribution is 2.30. The Balaban J connectivity index is 2.03. The van der Waals surface area contributed by atoms with Crippen molar-refractivity contribution in [1.29, 1.82) is 0 Å². The van der Waals surface area contributed by atoms with Gasteiger partial charge in [0.25, 0.3) is 5.69 Å². The van der Waals surface area contributed by atoms with Crippen molar-refractivity contribution in [1.82, 2.24) is 9.97 Å². The Hall–Kier alpha value is -2.54. The molecule has 6 nitrogen and oxygen atoms in total. The zero-order valence-corrected chi connectivity index (χ0v) is 12.0. The standard InChI is InChI=1S/C14H12N4O2S/c1-9(14-16-7-8-21-14)17-11-5-6-15-13-10(11)3-2-4-12(13)18(19)20/h2-9H,1H3,(H,15,17). The predicted octanol–water partition coefficient (Wildman–Crippen LogP) is 3.77. The van der Waals surface area contributed by atoms with Crippen LogP contribution < -0.4 is 5.32 Å². The van der Waals surface area contributed by atoms with Crippen LogP contribution in [0.2, 0.25) is 0 Å². The molecule has 2 heterocycles. The quantitative estimate of drug-likeness (QED) is 0.586. The lowest BCUT2D eigenvalue weighted by molar-refractivity contribution is -0.383. The molecule has 0 aliphatic heterocycles. The van der Waals surface area contributed by atoms with Crippen molar-refractivity contribution >= 4 is 33.6 Å². The second-order valence-electron chi connectivity index (χ2n) is 4.53. The van der Waals surface area contributed by atoms with Crippen molar-refractivity contribution in [3.05, 3.63) is 57.2 Å². The maximum atomic E-state index is 11.1. The van der Waals surface area contributed by atoms with E-state index in [4.69, 9.17) is 0 Å². The maximum Gasteiger partial charge on any atom is 0.295 e. The third-order valence-corrected chi connectivity index (χ3v) is 4.10.